The molecule has 1 aliphatic rings. The zero-order chi connectivity index (χ0) is 22.8. The first kappa shape index (κ1) is 22.1. The standard InChI is InChI=1S/C23H25ClN4O4/c1-3-32-23(31)17-12-19-22(30)28(18-11-15(24)10-9-14(18)2)20(13-27(19)26-17)21(29)25-16-7-5-4-6-8-16/h9-13,16H,3-8H2,1-2H3,(H,25,29). The first-order valence-corrected chi connectivity index (χ1v) is 11.2. The summed E-state index contributed by atoms with van der Waals surface area (Å²) in [6.07, 6.45) is 6.57. The first-order chi connectivity index (χ1) is 15.4. The summed E-state index contributed by atoms with van der Waals surface area (Å²) >= 11 is 6.21. The number of ether oxygens (including phenoxy) is 1. The van der Waals surface area contributed by atoms with Gasteiger partial charge >= 0.3 is 5.97 Å². The fourth-order valence-electron chi connectivity index (χ4n) is 4.08. The molecule has 1 fully saturated rings. The van der Waals surface area contributed by atoms with E-state index in [0.717, 1.165) is 37.7 Å². The van der Waals surface area contributed by atoms with Gasteiger partial charge in [-0.2, -0.15) is 5.10 Å². The second-order valence-electron chi connectivity index (χ2n) is 7.97. The summed E-state index contributed by atoms with van der Waals surface area (Å²) in [6.45, 7) is 3.72. The van der Waals surface area contributed by atoms with Gasteiger partial charge in [-0.1, -0.05) is 36.9 Å². The summed E-state index contributed by atoms with van der Waals surface area (Å²) in [4.78, 5) is 39.0. The van der Waals surface area contributed by atoms with Crippen LogP contribution in [0.3, 0.4) is 0 Å². The quantitative estimate of drug-likeness (QED) is 0.591. The summed E-state index contributed by atoms with van der Waals surface area (Å²) in [5.74, 6) is -1.00. The molecular weight excluding hydrogens is 432 g/mol. The van der Waals surface area contributed by atoms with Gasteiger partial charge in [0.1, 0.15) is 11.2 Å². The molecule has 8 nitrogen and oxygen atoms in total. The van der Waals surface area contributed by atoms with Crippen molar-refractivity contribution in [2.45, 2.75) is 52.0 Å². The molecular formula is C23H25ClN4O4. The van der Waals surface area contributed by atoms with Gasteiger partial charge in [-0.05, 0) is 44.4 Å². The molecule has 168 valence electrons. The third kappa shape index (κ3) is 4.27. The number of halogens is 1. The summed E-state index contributed by atoms with van der Waals surface area (Å²) < 4.78 is 7.61. The van der Waals surface area contributed by atoms with Crippen LogP contribution in [-0.4, -0.2) is 38.7 Å². The molecule has 0 unspecified atom stereocenters. The third-order valence-corrected chi connectivity index (χ3v) is 5.95. The molecule has 9 heteroatoms. The van der Waals surface area contributed by atoms with Crippen LogP contribution in [0.4, 0.5) is 0 Å². The Balaban J connectivity index is 1.89. The van der Waals surface area contributed by atoms with Gasteiger partial charge in [-0.25, -0.2) is 9.31 Å². The van der Waals surface area contributed by atoms with Crippen LogP contribution in [0, 0.1) is 6.92 Å². The van der Waals surface area contributed by atoms with Gasteiger partial charge in [-0.3, -0.25) is 14.2 Å². The lowest BCUT2D eigenvalue weighted by atomic mass is 9.95. The van der Waals surface area contributed by atoms with Crippen molar-refractivity contribution in [3.05, 3.63) is 62.8 Å². The molecule has 3 aromatic rings. The van der Waals surface area contributed by atoms with Crippen molar-refractivity contribution in [1.82, 2.24) is 19.5 Å². The van der Waals surface area contributed by atoms with Crippen LogP contribution < -0.4 is 10.9 Å². The number of esters is 1. The van der Waals surface area contributed by atoms with Crippen LogP contribution in [0.1, 0.15) is 65.6 Å². The highest BCUT2D eigenvalue weighted by Crippen LogP contribution is 2.22. The zero-order valence-electron chi connectivity index (χ0n) is 18.1. The Kier molecular flexibility index (Phi) is 6.32. The van der Waals surface area contributed by atoms with Crippen LogP contribution >= 0.6 is 11.6 Å². The van der Waals surface area contributed by atoms with Crippen molar-refractivity contribution in [1.29, 1.82) is 0 Å². The lowest BCUT2D eigenvalue weighted by Gasteiger charge is -2.24. The van der Waals surface area contributed by atoms with Crippen molar-refractivity contribution < 1.29 is 14.3 Å². The minimum absolute atomic E-state index is 0.00292. The Morgan fingerprint density at radius 1 is 1.22 bits per heavy atom. The van der Waals surface area contributed by atoms with E-state index >= 15 is 0 Å². The minimum Gasteiger partial charge on any atom is -0.461 e. The average Bonchev–Trinajstić information content (AvgIpc) is 3.21. The van der Waals surface area contributed by atoms with Gasteiger partial charge in [0.15, 0.2) is 5.69 Å². The number of amides is 1. The van der Waals surface area contributed by atoms with E-state index in [2.05, 4.69) is 10.4 Å². The largest absolute Gasteiger partial charge is 0.461 e. The van der Waals surface area contributed by atoms with Gasteiger partial charge in [-0.15, -0.1) is 0 Å². The number of nitrogens with zero attached hydrogens (tertiary/aromatic N) is 3. The predicted octanol–water partition coefficient (Wildman–Crippen LogP) is 3.69. The molecule has 0 aliphatic heterocycles. The molecule has 1 aromatic carbocycles. The van der Waals surface area contributed by atoms with Crippen molar-refractivity contribution in [3.8, 4) is 5.69 Å². The molecule has 1 N–H and O–H groups in total. The fourth-order valence-corrected chi connectivity index (χ4v) is 4.25. The molecule has 1 aliphatic carbocycles. The molecule has 2 heterocycles. The predicted molar refractivity (Wildman–Crippen MR) is 121 cm³/mol. The van der Waals surface area contributed by atoms with Crippen molar-refractivity contribution in [2.24, 2.45) is 0 Å². The lowest BCUT2D eigenvalue weighted by Crippen LogP contribution is -2.39. The van der Waals surface area contributed by atoms with E-state index in [4.69, 9.17) is 16.3 Å². The number of aromatic nitrogens is 3. The number of fused-ring (bicyclic) bond motifs is 1. The summed E-state index contributed by atoms with van der Waals surface area (Å²) in [7, 11) is 0. The first-order valence-electron chi connectivity index (χ1n) is 10.8. The highest BCUT2D eigenvalue weighted by molar-refractivity contribution is 6.30. The molecule has 4 rings (SSSR count). The second kappa shape index (κ2) is 9.16. The van der Waals surface area contributed by atoms with Gasteiger partial charge in [0, 0.05) is 17.1 Å². The summed E-state index contributed by atoms with van der Waals surface area (Å²) in [5, 5.41) is 7.68. The highest BCUT2D eigenvalue weighted by atomic mass is 35.5. The van der Waals surface area contributed by atoms with E-state index in [1.807, 2.05) is 6.92 Å². The molecule has 0 atom stereocenters. The van der Waals surface area contributed by atoms with Gasteiger partial charge < -0.3 is 10.1 Å². The van der Waals surface area contributed by atoms with E-state index in [1.165, 1.54) is 21.3 Å². The van der Waals surface area contributed by atoms with Crippen LogP contribution in [0.5, 0.6) is 0 Å². The van der Waals surface area contributed by atoms with Crippen LogP contribution in [0.25, 0.3) is 11.2 Å². The average molecular weight is 457 g/mol. The number of benzene rings is 1. The van der Waals surface area contributed by atoms with E-state index in [-0.39, 0.29) is 35.5 Å². The SMILES string of the molecule is CCOC(=O)c1cc2c(=O)n(-c3cc(Cl)ccc3C)c(C(=O)NC3CCCCC3)cn2n1. The fraction of sp³-hybridized carbons (Fsp3) is 0.391. The Labute approximate surface area is 190 Å². The summed E-state index contributed by atoms with van der Waals surface area (Å²) in [6, 6.07) is 6.60. The molecule has 0 saturated heterocycles. The van der Waals surface area contributed by atoms with Gasteiger partial charge in [0.25, 0.3) is 11.5 Å². The molecule has 0 radical (unpaired) electrons. The van der Waals surface area contributed by atoms with Crippen LogP contribution in [0.15, 0.2) is 35.3 Å². The van der Waals surface area contributed by atoms with Crippen molar-refractivity contribution in [3.63, 3.8) is 0 Å². The van der Waals surface area contributed by atoms with Crippen LogP contribution in [0.2, 0.25) is 5.02 Å². The molecule has 2 aromatic heterocycles. The van der Waals surface area contributed by atoms with E-state index < -0.39 is 11.5 Å². The topological polar surface area (TPSA) is 94.7 Å². The number of hydrogen-bond donors (Lipinski definition) is 1. The smallest absolute Gasteiger partial charge is 0.358 e. The highest BCUT2D eigenvalue weighted by Gasteiger charge is 2.24. The molecule has 1 amide bonds. The second-order valence-corrected chi connectivity index (χ2v) is 8.41. The Morgan fingerprint density at radius 3 is 2.69 bits per heavy atom. The molecule has 0 bridgehead atoms. The zero-order valence-corrected chi connectivity index (χ0v) is 18.8. The Morgan fingerprint density at radius 2 is 1.97 bits per heavy atom. The van der Waals surface area contributed by atoms with E-state index in [0.29, 0.717) is 10.7 Å². The summed E-state index contributed by atoms with van der Waals surface area (Å²) in [5.41, 5.74) is 1.08. The van der Waals surface area contributed by atoms with Gasteiger partial charge in [0.05, 0.1) is 18.5 Å². The van der Waals surface area contributed by atoms with E-state index in [1.54, 1.807) is 25.1 Å². The number of nitrogens with one attached hydrogen (secondary N) is 1. The third-order valence-electron chi connectivity index (χ3n) is 5.71. The van der Waals surface area contributed by atoms with Gasteiger partial charge in [0.2, 0.25) is 0 Å². The lowest BCUT2D eigenvalue weighted by molar-refractivity contribution is 0.0519. The monoisotopic (exact) mass is 456 g/mol. The van der Waals surface area contributed by atoms with Crippen molar-refractivity contribution in [2.75, 3.05) is 6.61 Å². The Hall–Kier alpha value is -3.13. The van der Waals surface area contributed by atoms with E-state index in [9.17, 15) is 14.4 Å². The number of carbonyl (C=O) groups is 2. The number of aryl methyl sites for hydroxylation is 1. The number of hydrogen-bond acceptors (Lipinski definition) is 5. The normalized spacial score (nSPS) is 14.5. The molecule has 1 saturated carbocycles. The number of rotatable bonds is 5. The maximum Gasteiger partial charge on any atom is 0.358 e. The van der Waals surface area contributed by atoms with Crippen LogP contribution in [-0.2, 0) is 4.74 Å². The maximum absolute atomic E-state index is 13.5. The molecule has 0 spiro atoms. The maximum atomic E-state index is 13.5. The van der Waals surface area contributed by atoms with Crippen molar-refractivity contribution >= 4 is 29.0 Å². The Bertz CT molecular complexity index is 1240. The minimum atomic E-state index is -0.630. The number of carbonyl (C=O) groups excluding carboxylic acids is 2. The molecule has 32 heavy (non-hydrogen) atoms.